The lowest BCUT2D eigenvalue weighted by Gasteiger charge is -2.11. The van der Waals surface area contributed by atoms with E-state index < -0.39 is 311 Å². The highest BCUT2D eigenvalue weighted by molar-refractivity contribution is 6.12. The smallest absolute Gasteiger partial charge is 0.0645 e. The third-order valence-electron chi connectivity index (χ3n) is 8.69. The van der Waals surface area contributed by atoms with Crippen molar-refractivity contribution in [2.24, 2.45) is 0 Å². The van der Waals surface area contributed by atoms with Gasteiger partial charge < -0.3 is 9.13 Å². The van der Waals surface area contributed by atoms with Gasteiger partial charge in [-0.05, 0) is 111 Å². The molecular weight excluding hydrogens is 677 g/mol. The Morgan fingerprint density at radius 1 is 0.250 bits per heavy atom. The van der Waals surface area contributed by atoms with Crippen LogP contribution in [0.25, 0.3) is 99.5 Å². The Hall–Kier alpha value is -7.42. The summed E-state index contributed by atoms with van der Waals surface area (Å²) in [4.78, 5) is 0. The van der Waals surface area contributed by atoms with Crippen molar-refractivity contribution in [2.75, 3.05) is 0 Å². The normalized spacial score (nSPS) is 20.3. The molecule has 0 N–H and O–H groups in total. The van der Waals surface area contributed by atoms with E-state index in [1.807, 2.05) is 0 Å². The summed E-state index contributed by atoms with van der Waals surface area (Å²) in [6.45, 7) is 0. The molecule has 0 amide bonds. The third-order valence-corrected chi connectivity index (χ3v) is 8.69. The van der Waals surface area contributed by atoms with Crippen LogP contribution in [0.15, 0.2) is 218 Å². The Balaban J connectivity index is 1.24. The summed E-state index contributed by atoms with van der Waals surface area (Å²) in [6, 6.07) is -33.0. The molecule has 2 aromatic heterocycles. The molecule has 0 radical (unpaired) electrons. The Kier molecular flexibility index (Phi) is 2.95. The predicted molar refractivity (Wildman–Crippen MR) is 237 cm³/mol. The lowest BCUT2D eigenvalue weighted by molar-refractivity contribution is 1.18. The summed E-state index contributed by atoms with van der Waals surface area (Å²) in [5, 5.41) is -2.62. The molecule has 9 aromatic carbocycles. The van der Waals surface area contributed by atoms with Crippen molar-refractivity contribution in [1.29, 1.82) is 0 Å². The van der Waals surface area contributed by atoms with Crippen LogP contribution < -0.4 is 0 Å². The molecule has 0 atom stereocenters. The second-order valence-corrected chi connectivity index (χ2v) is 11.8. The molecule has 262 valence electrons. The van der Waals surface area contributed by atoms with Crippen LogP contribution >= 0.6 is 0 Å². The van der Waals surface area contributed by atoms with Crippen LogP contribution in [0.5, 0.6) is 0 Å². The van der Waals surface area contributed by atoms with Crippen LogP contribution in [0.3, 0.4) is 0 Å². The second kappa shape index (κ2) is 13.2. The molecule has 0 saturated carbocycles. The van der Waals surface area contributed by atoms with Crippen molar-refractivity contribution >= 4 is 43.6 Å². The SMILES string of the molecule is [2H]c1cc(-n2c3c([2H])c([2H])c([2H])c([2H])c3c3c([2H])c(-c4c([2H])c([2H])c5c(c4[2H])c4c([2H])c([2H])c([2H])c([2H])c4n5-c4c([2H])c([2H])c(-c5c([2H])c([2H])c([2H])c([2H])c5[2H])c([2H])c4[2H])c([2H])c([2H])c32)c([2H])c([2H])c1-c1c([2H])c([2H])c([2H])c(-c2c([2H])c([2H])c([2H])c([2H])c2[2H])c1[2H]. The summed E-state index contributed by atoms with van der Waals surface area (Å²) in [5.74, 6) is 0. The second-order valence-electron chi connectivity index (χ2n) is 11.8. The largest absolute Gasteiger partial charge is 0.309 e. The lowest BCUT2D eigenvalue weighted by Crippen LogP contribution is -1.94. The highest BCUT2D eigenvalue weighted by Gasteiger charge is 2.16. The molecule has 0 aliphatic heterocycles. The van der Waals surface area contributed by atoms with E-state index in [9.17, 15) is 20.6 Å². The summed E-state index contributed by atoms with van der Waals surface area (Å²) in [5.41, 5.74) is -10.7. The molecule has 0 bridgehead atoms. The molecule has 0 unspecified atom stereocenters. The molecule has 2 heterocycles. The predicted octanol–water partition coefficient (Wildman–Crippen LogP) is 14.5. The van der Waals surface area contributed by atoms with Crippen molar-refractivity contribution in [3.8, 4) is 55.9 Å². The summed E-state index contributed by atoms with van der Waals surface area (Å²) in [6.07, 6.45) is 0. The number of fused-ring (bicyclic) bond motifs is 6. The van der Waals surface area contributed by atoms with Gasteiger partial charge in [0.25, 0.3) is 0 Å². The number of hydrogen-bond donors (Lipinski definition) is 0. The van der Waals surface area contributed by atoms with E-state index in [1.54, 1.807) is 0 Å². The van der Waals surface area contributed by atoms with E-state index in [1.165, 1.54) is 0 Å². The van der Waals surface area contributed by atoms with E-state index in [-0.39, 0.29) is 0 Å². The van der Waals surface area contributed by atoms with E-state index in [4.69, 9.17) is 27.4 Å². The van der Waals surface area contributed by atoms with Gasteiger partial charge in [0.2, 0.25) is 0 Å². The number of hydrogen-bond acceptors (Lipinski definition) is 0. The standard InChI is InChI=1S/C54H36N2/c1-3-12-37(13-4-1)39-22-28-45(29-23-39)55-51-20-9-7-18-47(51)49-35-43(26-32-53(49)55)44-27-33-54-50(36-44)48-19-8-10-21-52(48)56(54)46-30-24-40(25-31-46)42-17-11-16-41(34-42)38-14-5-2-6-15-38/h1-36H/i1D,2D,3D,4D,5D,6D,7D,8D,9D,10D,11D,12D,13D,14D,15D,16D,17D,18D,19D,20D,21D,22D,23D,24D,25D,26D,27D,28D,29D,30D,32D,33D,34D,35D,36D. The summed E-state index contributed by atoms with van der Waals surface area (Å²) in [7, 11) is 0. The zero-order chi connectivity index (χ0) is 67.5. The summed E-state index contributed by atoms with van der Waals surface area (Å²) < 4.78 is 316. The average molecular weight is 748 g/mol. The Morgan fingerprint density at radius 3 is 1.20 bits per heavy atom. The highest BCUT2D eigenvalue weighted by atomic mass is 15.0. The number of para-hydroxylation sites is 2. The quantitative estimate of drug-likeness (QED) is 0.160. The maximum Gasteiger partial charge on any atom is 0.0645 e. The van der Waals surface area contributed by atoms with Gasteiger partial charge in [-0.15, -0.1) is 0 Å². The first-order valence-corrected chi connectivity index (χ1v) is 16.4. The fourth-order valence-corrected chi connectivity index (χ4v) is 6.22. The van der Waals surface area contributed by atoms with Crippen LogP contribution in [0.4, 0.5) is 0 Å². The van der Waals surface area contributed by atoms with Crippen LogP contribution in [-0.4, -0.2) is 9.13 Å². The molecule has 0 saturated heterocycles. The molecule has 0 fully saturated rings. The van der Waals surface area contributed by atoms with Crippen LogP contribution in [-0.2, 0) is 0 Å². The number of nitrogens with zero attached hydrogens (tertiary/aromatic N) is 2. The minimum absolute atomic E-state index is 0.622. The maximum atomic E-state index is 9.94. The molecule has 2 nitrogen and oxygen atoms in total. The molecule has 0 spiro atoms. The Bertz CT molecular complexity index is 5210. The van der Waals surface area contributed by atoms with Gasteiger partial charge in [0, 0.05) is 32.9 Å². The van der Waals surface area contributed by atoms with Gasteiger partial charge in [-0.25, -0.2) is 0 Å². The summed E-state index contributed by atoms with van der Waals surface area (Å²) >= 11 is 0. The minimum Gasteiger partial charge on any atom is -0.309 e. The molecule has 2 heteroatoms. The van der Waals surface area contributed by atoms with Crippen molar-refractivity contribution in [2.45, 2.75) is 0 Å². The van der Waals surface area contributed by atoms with Gasteiger partial charge in [0.05, 0.1) is 70.0 Å². The monoisotopic (exact) mass is 748 g/mol. The highest BCUT2D eigenvalue weighted by Crippen LogP contribution is 2.39. The van der Waals surface area contributed by atoms with Crippen molar-refractivity contribution in [3.63, 3.8) is 0 Å². The van der Waals surface area contributed by atoms with Gasteiger partial charge in [0.1, 0.15) is 0 Å². The van der Waals surface area contributed by atoms with E-state index in [0.29, 0.717) is 4.57 Å². The third kappa shape index (κ3) is 5.34. The molecular formula is C54H36N2. The van der Waals surface area contributed by atoms with Crippen LogP contribution in [0, 0.1) is 0 Å². The molecule has 11 aromatic rings. The lowest BCUT2D eigenvalue weighted by atomic mass is 9.99. The van der Waals surface area contributed by atoms with E-state index in [0.717, 1.165) is 10.6 Å². The first-order valence-electron chi connectivity index (χ1n) is 33.9. The van der Waals surface area contributed by atoms with Crippen molar-refractivity contribution in [3.05, 3.63) is 218 Å². The van der Waals surface area contributed by atoms with E-state index >= 15 is 0 Å². The molecule has 0 aliphatic carbocycles. The van der Waals surface area contributed by atoms with Crippen LogP contribution in [0.1, 0.15) is 48.0 Å². The van der Waals surface area contributed by atoms with Gasteiger partial charge in [-0.2, -0.15) is 0 Å². The van der Waals surface area contributed by atoms with E-state index in [2.05, 4.69) is 0 Å². The molecule has 0 aliphatic rings. The van der Waals surface area contributed by atoms with Gasteiger partial charge in [-0.1, -0.05) is 151 Å². The topological polar surface area (TPSA) is 9.86 Å². The number of aromatic nitrogens is 2. The number of benzene rings is 9. The van der Waals surface area contributed by atoms with Gasteiger partial charge in [-0.3, -0.25) is 0 Å². The zero-order valence-corrected chi connectivity index (χ0v) is 28.0. The van der Waals surface area contributed by atoms with Gasteiger partial charge >= 0.3 is 0 Å². The number of rotatable bonds is 6. The van der Waals surface area contributed by atoms with Crippen LogP contribution in [0.2, 0.25) is 0 Å². The first-order chi connectivity index (χ1) is 42.4. The fraction of sp³-hybridized carbons (Fsp3) is 0. The first kappa shape index (κ1) is 12.6. The Morgan fingerprint density at radius 2 is 0.625 bits per heavy atom. The molecule has 56 heavy (non-hydrogen) atoms. The zero-order valence-electron chi connectivity index (χ0n) is 63.0. The minimum atomic E-state index is -1.11. The fourth-order valence-electron chi connectivity index (χ4n) is 6.22. The van der Waals surface area contributed by atoms with Gasteiger partial charge in [0.15, 0.2) is 0 Å². The molecule has 11 rings (SSSR count). The van der Waals surface area contributed by atoms with Crippen molar-refractivity contribution in [1.82, 2.24) is 9.13 Å². The Labute approximate surface area is 375 Å². The average Bonchev–Trinajstić information content (AvgIpc) is 1.56. The van der Waals surface area contributed by atoms with Crippen molar-refractivity contribution < 1.29 is 48.0 Å². The maximum absolute atomic E-state index is 9.94.